The SMILES string of the molecule is CCn1cc(C2=NOC(C(=O)N3CCN(Cc4c(F)cccc4Cl)CC3)C2)c(C)n1. The van der Waals surface area contributed by atoms with Crippen LogP contribution in [0.4, 0.5) is 4.39 Å². The fourth-order valence-corrected chi connectivity index (χ4v) is 4.09. The zero-order chi connectivity index (χ0) is 21.3. The molecule has 2 aromatic rings. The van der Waals surface area contributed by atoms with Gasteiger partial charge in [-0.2, -0.15) is 5.10 Å². The number of hydrogen-bond acceptors (Lipinski definition) is 5. The number of rotatable bonds is 5. The van der Waals surface area contributed by atoms with Gasteiger partial charge in [0.25, 0.3) is 5.91 Å². The quantitative estimate of drug-likeness (QED) is 0.727. The summed E-state index contributed by atoms with van der Waals surface area (Å²) in [4.78, 5) is 22.3. The predicted molar refractivity (Wildman–Crippen MR) is 112 cm³/mol. The molecule has 0 bridgehead atoms. The van der Waals surface area contributed by atoms with Gasteiger partial charge >= 0.3 is 0 Å². The summed E-state index contributed by atoms with van der Waals surface area (Å²) in [6.07, 6.45) is 1.79. The van der Waals surface area contributed by atoms with E-state index < -0.39 is 6.10 Å². The summed E-state index contributed by atoms with van der Waals surface area (Å²) in [7, 11) is 0. The molecule has 0 spiro atoms. The van der Waals surface area contributed by atoms with Gasteiger partial charge < -0.3 is 9.74 Å². The van der Waals surface area contributed by atoms with Crippen molar-refractivity contribution in [3.8, 4) is 0 Å². The molecular weight excluding hydrogens is 409 g/mol. The number of halogens is 2. The highest BCUT2D eigenvalue weighted by atomic mass is 35.5. The number of amides is 1. The zero-order valence-electron chi connectivity index (χ0n) is 17.1. The van der Waals surface area contributed by atoms with Crippen LogP contribution in [-0.2, 0) is 22.7 Å². The average Bonchev–Trinajstić information content (AvgIpc) is 3.37. The fraction of sp³-hybridized carbons (Fsp3) is 0.476. The van der Waals surface area contributed by atoms with Gasteiger partial charge in [0.05, 0.1) is 11.4 Å². The van der Waals surface area contributed by atoms with Gasteiger partial charge in [-0.05, 0) is 26.0 Å². The second-order valence-corrected chi connectivity index (χ2v) is 8.03. The number of hydrogen-bond donors (Lipinski definition) is 0. The van der Waals surface area contributed by atoms with Crippen LogP contribution in [0.5, 0.6) is 0 Å². The zero-order valence-corrected chi connectivity index (χ0v) is 17.9. The Hall–Kier alpha value is -2.45. The number of aryl methyl sites for hydroxylation is 2. The van der Waals surface area contributed by atoms with E-state index in [-0.39, 0.29) is 11.7 Å². The van der Waals surface area contributed by atoms with Gasteiger partial charge in [0.2, 0.25) is 6.10 Å². The summed E-state index contributed by atoms with van der Waals surface area (Å²) in [6, 6.07) is 4.72. The maximum atomic E-state index is 14.0. The summed E-state index contributed by atoms with van der Waals surface area (Å²) in [5.74, 6) is -0.357. The maximum absolute atomic E-state index is 14.0. The molecule has 30 heavy (non-hydrogen) atoms. The lowest BCUT2D eigenvalue weighted by Crippen LogP contribution is -2.51. The van der Waals surface area contributed by atoms with Gasteiger partial charge in [0.15, 0.2) is 0 Å². The number of aromatic nitrogens is 2. The summed E-state index contributed by atoms with van der Waals surface area (Å²) < 4.78 is 15.9. The molecule has 0 radical (unpaired) electrons. The van der Waals surface area contributed by atoms with Gasteiger partial charge in [-0.3, -0.25) is 14.4 Å². The Labute approximate surface area is 180 Å². The van der Waals surface area contributed by atoms with Crippen molar-refractivity contribution in [1.82, 2.24) is 19.6 Å². The molecule has 2 aliphatic heterocycles. The van der Waals surface area contributed by atoms with E-state index in [2.05, 4.69) is 15.2 Å². The van der Waals surface area contributed by atoms with Crippen molar-refractivity contribution in [2.45, 2.75) is 39.5 Å². The van der Waals surface area contributed by atoms with Crippen molar-refractivity contribution < 1.29 is 14.0 Å². The van der Waals surface area contributed by atoms with Crippen LogP contribution in [0, 0.1) is 12.7 Å². The molecule has 1 atom stereocenters. The summed E-state index contributed by atoms with van der Waals surface area (Å²) in [5.41, 5.74) is 3.07. The Morgan fingerprint density at radius 2 is 2.07 bits per heavy atom. The Kier molecular flexibility index (Phi) is 6.06. The lowest BCUT2D eigenvalue weighted by molar-refractivity contribution is -0.143. The highest BCUT2D eigenvalue weighted by molar-refractivity contribution is 6.31. The molecule has 1 amide bonds. The van der Waals surface area contributed by atoms with E-state index in [0.717, 1.165) is 23.5 Å². The van der Waals surface area contributed by atoms with E-state index in [9.17, 15) is 9.18 Å². The van der Waals surface area contributed by atoms with Gasteiger partial charge in [0.1, 0.15) is 5.82 Å². The first-order chi connectivity index (χ1) is 14.5. The molecule has 1 fully saturated rings. The summed E-state index contributed by atoms with van der Waals surface area (Å²) in [6.45, 7) is 7.59. The standard InChI is InChI=1S/C21H25ClFN5O2/c1-3-28-13-15(14(2)24-28)19-11-20(30-25-19)21(29)27-9-7-26(8-10-27)12-16-17(22)5-4-6-18(16)23/h4-6,13,20H,3,7-12H2,1-2H3. The third-order valence-corrected chi connectivity index (χ3v) is 6.01. The molecule has 0 N–H and O–H groups in total. The van der Waals surface area contributed by atoms with Crippen LogP contribution >= 0.6 is 11.6 Å². The van der Waals surface area contributed by atoms with Crippen molar-refractivity contribution in [2.75, 3.05) is 26.2 Å². The number of oxime groups is 1. The normalized spacial score (nSPS) is 19.7. The minimum atomic E-state index is -0.600. The van der Waals surface area contributed by atoms with Gasteiger partial charge in [-0.25, -0.2) is 4.39 Å². The third-order valence-electron chi connectivity index (χ3n) is 5.65. The molecule has 3 heterocycles. The third kappa shape index (κ3) is 4.20. The van der Waals surface area contributed by atoms with Crippen molar-refractivity contribution in [3.63, 3.8) is 0 Å². The smallest absolute Gasteiger partial charge is 0.266 e. The molecule has 1 unspecified atom stereocenters. The van der Waals surface area contributed by atoms with E-state index in [4.69, 9.17) is 16.4 Å². The van der Waals surface area contributed by atoms with Gasteiger partial charge in [-0.15, -0.1) is 0 Å². The fourth-order valence-electron chi connectivity index (χ4n) is 3.87. The number of benzene rings is 1. The number of carbonyl (C=O) groups excluding carboxylic acids is 1. The van der Waals surface area contributed by atoms with Crippen LogP contribution in [0.15, 0.2) is 29.6 Å². The van der Waals surface area contributed by atoms with Crippen molar-refractivity contribution >= 4 is 23.2 Å². The average molecular weight is 434 g/mol. The second-order valence-electron chi connectivity index (χ2n) is 7.62. The Morgan fingerprint density at radius 1 is 1.30 bits per heavy atom. The Balaban J connectivity index is 1.31. The molecule has 160 valence electrons. The maximum Gasteiger partial charge on any atom is 0.266 e. The van der Waals surface area contributed by atoms with Gasteiger partial charge in [-0.1, -0.05) is 22.8 Å². The Bertz CT molecular complexity index is 948. The molecule has 4 rings (SSSR count). The highest BCUT2D eigenvalue weighted by Gasteiger charge is 2.34. The number of piperazine rings is 1. The predicted octanol–water partition coefficient (Wildman–Crippen LogP) is 2.84. The molecule has 1 aromatic heterocycles. The summed E-state index contributed by atoms with van der Waals surface area (Å²) in [5, 5.41) is 9.01. The van der Waals surface area contributed by atoms with Crippen LogP contribution in [0.25, 0.3) is 0 Å². The van der Waals surface area contributed by atoms with Crippen LogP contribution in [0.2, 0.25) is 5.02 Å². The Morgan fingerprint density at radius 3 is 2.73 bits per heavy atom. The summed E-state index contributed by atoms with van der Waals surface area (Å²) >= 11 is 6.13. The van der Waals surface area contributed by atoms with Crippen LogP contribution < -0.4 is 0 Å². The lowest BCUT2D eigenvalue weighted by Gasteiger charge is -2.35. The number of carbonyl (C=O) groups is 1. The van der Waals surface area contributed by atoms with Crippen LogP contribution in [-0.4, -0.2) is 63.5 Å². The molecule has 0 saturated carbocycles. The van der Waals surface area contributed by atoms with E-state index in [1.807, 2.05) is 24.7 Å². The molecule has 1 saturated heterocycles. The van der Waals surface area contributed by atoms with E-state index in [1.54, 1.807) is 17.0 Å². The van der Waals surface area contributed by atoms with Crippen molar-refractivity contribution in [1.29, 1.82) is 0 Å². The lowest BCUT2D eigenvalue weighted by atomic mass is 10.1. The number of nitrogens with zero attached hydrogens (tertiary/aromatic N) is 5. The van der Waals surface area contributed by atoms with E-state index in [1.165, 1.54) is 6.07 Å². The van der Waals surface area contributed by atoms with E-state index in [0.29, 0.717) is 49.7 Å². The molecule has 2 aliphatic rings. The second kappa shape index (κ2) is 8.73. The largest absolute Gasteiger partial charge is 0.382 e. The molecule has 9 heteroatoms. The van der Waals surface area contributed by atoms with E-state index >= 15 is 0 Å². The van der Waals surface area contributed by atoms with Gasteiger partial charge in [0, 0.05) is 68.0 Å². The highest BCUT2D eigenvalue weighted by Crippen LogP contribution is 2.23. The first kappa shape index (κ1) is 20.8. The van der Waals surface area contributed by atoms with Crippen LogP contribution in [0.1, 0.15) is 30.2 Å². The topological polar surface area (TPSA) is 63.0 Å². The van der Waals surface area contributed by atoms with Crippen molar-refractivity contribution in [3.05, 3.63) is 52.1 Å². The minimum absolute atomic E-state index is 0.0575. The first-order valence-electron chi connectivity index (χ1n) is 10.2. The molecule has 1 aromatic carbocycles. The van der Waals surface area contributed by atoms with Crippen molar-refractivity contribution in [2.24, 2.45) is 5.16 Å². The monoisotopic (exact) mass is 433 g/mol. The minimum Gasteiger partial charge on any atom is -0.382 e. The van der Waals surface area contributed by atoms with Crippen LogP contribution in [0.3, 0.4) is 0 Å². The first-order valence-corrected chi connectivity index (χ1v) is 10.5. The molecule has 7 nitrogen and oxygen atoms in total. The molecular formula is C21H25ClFN5O2. The molecule has 0 aliphatic carbocycles.